The van der Waals surface area contributed by atoms with Crippen LogP contribution in [0.5, 0.6) is 0 Å². The topological polar surface area (TPSA) is 29.5 Å². The van der Waals surface area contributed by atoms with Gasteiger partial charge in [-0.15, -0.1) is 11.3 Å². The fourth-order valence-electron chi connectivity index (χ4n) is 1.47. The summed E-state index contributed by atoms with van der Waals surface area (Å²) >= 11 is 3.92. The smallest absolute Gasteiger partial charge is 0.104 e. The summed E-state index contributed by atoms with van der Waals surface area (Å²) in [5.74, 6) is 0. The molecule has 4 heteroatoms. The van der Waals surface area contributed by atoms with Crippen LogP contribution in [0, 0.1) is 2.88 Å². The van der Waals surface area contributed by atoms with Gasteiger partial charge in [0.25, 0.3) is 0 Å². The molecule has 1 unspecified atom stereocenters. The first-order chi connectivity index (χ1) is 6.77. The predicted octanol–water partition coefficient (Wildman–Crippen LogP) is 3.08. The van der Waals surface area contributed by atoms with E-state index in [1.807, 2.05) is 11.4 Å². The van der Waals surface area contributed by atoms with E-state index in [2.05, 4.69) is 22.6 Å². The number of aliphatic hydroxyl groups is 1. The van der Waals surface area contributed by atoms with Crippen LogP contribution in [0.1, 0.15) is 24.5 Å². The molecule has 2 nitrogen and oxygen atoms in total. The average Bonchev–Trinajstić information content (AvgIpc) is 2.65. The van der Waals surface area contributed by atoms with E-state index in [-0.39, 0.29) is 0 Å². The first kappa shape index (κ1) is 10.4. The standard InChI is InChI=1S/C10H11IO2S/c11-9-4-8(6-14-9)10(12)7-2-1-3-13-5-7/h4-6,10,12H,1-3H2. The van der Waals surface area contributed by atoms with Crippen molar-refractivity contribution in [3.63, 3.8) is 0 Å². The molecule has 0 saturated heterocycles. The summed E-state index contributed by atoms with van der Waals surface area (Å²) in [6, 6.07) is 2.02. The molecular formula is C10H11IO2S. The van der Waals surface area contributed by atoms with Gasteiger partial charge in [0.05, 0.1) is 15.8 Å². The second-order valence-corrected chi connectivity index (χ2v) is 6.06. The minimum Gasteiger partial charge on any atom is -0.501 e. The number of halogens is 1. The lowest BCUT2D eigenvalue weighted by Crippen LogP contribution is -2.07. The fourth-order valence-corrected chi connectivity index (χ4v) is 2.86. The van der Waals surface area contributed by atoms with Crippen molar-refractivity contribution in [1.82, 2.24) is 0 Å². The van der Waals surface area contributed by atoms with E-state index in [4.69, 9.17) is 4.74 Å². The SMILES string of the molecule is OC(C1=COCCC1)c1csc(I)c1. The minimum absolute atomic E-state index is 0.477. The van der Waals surface area contributed by atoms with Crippen LogP contribution in [0.2, 0.25) is 0 Å². The van der Waals surface area contributed by atoms with Gasteiger partial charge in [-0.05, 0) is 58.0 Å². The van der Waals surface area contributed by atoms with Gasteiger partial charge in [-0.3, -0.25) is 0 Å². The third-order valence-corrected chi connectivity index (χ3v) is 4.02. The molecule has 76 valence electrons. The molecule has 14 heavy (non-hydrogen) atoms. The Morgan fingerprint density at radius 1 is 1.57 bits per heavy atom. The summed E-state index contributed by atoms with van der Waals surface area (Å²) in [5.41, 5.74) is 1.97. The molecule has 1 aliphatic heterocycles. The van der Waals surface area contributed by atoms with Crippen LogP contribution in [0.25, 0.3) is 0 Å². The van der Waals surface area contributed by atoms with Crippen molar-refractivity contribution in [2.75, 3.05) is 6.61 Å². The Morgan fingerprint density at radius 3 is 3.00 bits per heavy atom. The van der Waals surface area contributed by atoms with Gasteiger partial charge in [0, 0.05) is 0 Å². The monoisotopic (exact) mass is 322 g/mol. The Labute approximate surface area is 101 Å². The average molecular weight is 322 g/mol. The number of rotatable bonds is 2. The highest BCUT2D eigenvalue weighted by Gasteiger charge is 2.17. The van der Waals surface area contributed by atoms with Gasteiger partial charge in [-0.25, -0.2) is 0 Å². The molecule has 0 amide bonds. The van der Waals surface area contributed by atoms with Crippen LogP contribution < -0.4 is 0 Å². The highest BCUT2D eigenvalue weighted by atomic mass is 127. The zero-order chi connectivity index (χ0) is 9.97. The summed E-state index contributed by atoms with van der Waals surface area (Å²) in [5, 5.41) is 12.0. The summed E-state index contributed by atoms with van der Waals surface area (Å²) in [6.45, 7) is 0.775. The molecule has 2 rings (SSSR count). The number of aliphatic hydroxyl groups excluding tert-OH is 1. The molecule has 0 radical (unpaired) electrons. The Balaban J connectivity index is 2.14. The van der Waals surface area contributed by atoms with Gasteiger partial charge in [0.1, 0.15) is 6.10 Å². The Bertz CT molecular complexity index is 346. The number of thiophene rings is 1. The van der Waals surface area contributed by atoms with Crippen LogP contribution in [-0.2, 0) is 4.74 Å². The van der Waals surface area contributed by atoms with Crippen molar-refractivity contribution in [1.29, 1.82) is 0 Å². The number of hydrogen-bond acceptors (Lipinski definition) is 3. The molecule has 2 heterocycles. The van der Waals surface area contributed by atoms with Crippen LogP contribution in [0.15, 0.2) is 23.3 Å². The lowest BCUT2D eigenvalue weighted by Gasteiger charge is -2.17. The normalized spacial score (nSPS) is 18.6. The fraction of sp³-hybridized carbons (Fsp3) is 0.400. The van der Waals surface area contributed by atoms with E-state index in [1.165, 1.54) is 2.88 Å². The maximum absolute atomic E-state index is 10.0. The van der Waals surface area contributed by atoms with Gasteiger partial charge < -0.3 is 9.84 Å². The molecule has 0 aromatic carbocycles. The highest BCUT2D eigenvalue weighted by molar-refractivity contribution is 14.1. The summed E-state index contributed by atoms with van der Waals surface area (Å²) in [4.78, 5) is 0. The molecule has 1 aliphatic rings. The first-order valence-electron chi connectivity index (χ1n) is 4.50. The van der Waals surface area contributed by atoms with Crippen molar-refractivity contribution >= 4 is 33.9 Å². The third kappa shape index (κ3) is 2.29. The second-order valence-electron chi connectivity index (χ2n) is 3.25. The van der Waals surface area contributed by atoms with Crippen molar-refractivity contribution in [3.8, 4) is 0 Å². The van der Waals surface area contributed by atoms with Gasteiger partial charge in [0.2, 0.25) is 0 Å². The zero-order valence-electron chi connectivity index (χ0n) is 7.57. The zero-order valence-corrected chi connectivity index (χ0v) is 10.5. The van der Waals surface area contributed by atoms with E-state index in [9.17, 15) is 5.11 Å². The summed E-state index contributed by atoms with van der Waals surface area (Å²) < 4.78 is 6.41. The van der Waals surface area contributed by atoms with Crippen LogP contribution in [0.4, 0.5) is 0 Å². The Morgan fingerprint density at radius 2 is 2.43 bits per heavy atom. The molecule has 1 aromatic rings. The van der Waals surface area contributed by atoms with Gasteiger partial charge in [-0.1, -0.05) is 0 Å². The molecule has 0 aliphatic carbocycles. The highest BCUT2D eigenvalue weighted by Crippen LogP contribution is 2.30. The number of ether oxygens (including phenoxy) is 1. The minimum atomic E-state index is -0.477. The molecule has 0 fully saturated rings. The number of hydrogen-bond donors (Lipinski definition) is 1. The molecule has 1 aromatic heterocycles. The molecule has 1 N–H and O–H groups in total. The van der Waals surface area contributed by atoms with Crippen molar-refractivity contribution in [2.24, 2.45) is 0 Å². The quantitative estimate of drug-likeness (QED) is 0.848. The second kappa shape index (κ2) is 4.63. The van der Waals surface area contributed by atoms with Crippen molar-refractivity contribution < 1.29 is 9.84 Å². The van der Waals surface area contributed by atoms with E-state index < -0.39 is 6.10 Å². The Kier molecular flexibility index (Phi) is 3.46. The molecule has 0 bridgehead atoms. The van der Waals surface area contributed by atoms with Gasteiger partial charge in [-0.2, -0.15) is 0 Å². The van der Waals surface area contributed by atoms with E-state index >= 15 is 0 Å². The summed E-state index contributed by atoms with van der Waals surface area (Å²) in [6.07, 6.45) is 3.17. The largest absolute Gasteiger partial charge is 0.501 e. The van der Waals surface area contributed by atoms with Gasteiger partial charge in [0.15, 0.2) is 0 Å². The lowest BCUT2D eigenvalue weighted by atomic mass is 10.0. The van der Waals surface area contributed by atoms with Crippen molar-refractivity contribution in [3.05, 3.63) is 31.7 Å². The van der Waals surface area contributed by atoms with E-state index in [0.29, 0.717) is 0 Å². The predicted molar refractivity (Wildman–Crippen MR) is 65.3 cm³/mol. The third-order valence-electron chi connectivity index (χ3n) is 2.22. The van der Waals surface area contributed by atoms with Crippen LogP contribution >= 0.6 is 33.9 Å². The Hall–Kier alpha value is -0.0700. The molecule has 0 saturated carbocycles. The molecule has 1 atom stereocenters. The maximum atomic E-state index is 10.0. The molecule has 0 spiro atoms. The molecular weight excluding hydrogens is 311 g/mol. The summed E-state index contributed by atoms with van der Waals surface area (Å²) in [7, 11) is 0. The van der Waals surface area contributed by atoms with E-state index in [0.717, 1.165) is 30.6 Å². The maximum Gasteiger partial charge on any atom is 0.104 e. The lowest BCUT2D eigenvalue weighted by molar-refractivity contribution is 0.170. The van der Waals surface area contributed by atoms with Crippen LogP contribution in [0.3, 0.4) is 0 Å². The first-order valence-corrected chi connectivity index (χ1v) is 6.46. The van der Waals surface area contributed by atoms with Crippen LogP contribution in [-0.4, -0.2) is 11.7 Å². The van der Waals surface area contributed by atoms with Gasteiger partial charge >= 0.3 is 0 Å². The van der Waals surface area contributed by atoms with E-state index in [1.54, 1.807) is 17.6 Å². The van der Waals surface area contributed by atoms with Crippen molar-refractivity contribution in [2.45, 2.75) is 18.9 Å².